The third-order valence-electron chi connectivity index (χ3n) is 6.45. The number of ether oxygens (including phenoxy) is 2. The van der Waals surface area contributed by atoms with Gasteiger partial charge >= 0.3 is 5.97 Å². The Morgan fingerprint density at radius 1 is 1.10 bits per heavy atom. The molecule has 40 heavy (non-hydrogen) atoms. The molecule has 0 unspecified atom stereocenters. The summed E-state index contributed by atoms with van der Waals surface area (Å²) in [4.78, 5) is 38.3. The summed E-state index contributed by atoms with van der Waals surface area (Å²) in [6, 6.07) is 13.1. The molecule has 7 nitrogen and oxygen atoms in total. The fourth-order valence-corrected chi connectivity index (χ4v) is 4.49. The highest BCUT2D eigenvalue weighted by Gasteiger charge is 2.26. The maximum absolute atomic E-state index is 14.3. The second-order valence-electron chi connectivity index (χ2n) is 9.33. The van der Waals surface area contributed by atoms with Crippen LogP contribution in [0.3, 0.4) is 0 Å². The fraction of sp³-hybridized carbons (Fsp3) is 0.281. The van der Waals surface area contributed by atoms with Crippen molar-refractivity contribution in [2.75, 3.05) is 13.7 Å². The minimum absolute atomic E-state index is 0.135. The molecule has 1 heterocycles. The highest BCUT2D eigenvalue weighted by molar-refractivity contribution is 5.82. The van der Waals surface area contributed by atoms with Crippen LogP contribution in [0.5, 0.6) is 5.75 Å². The molecule has 1 aromatic heterocycles. The first-order valence-corrected chi connectivity index (χ1v) is 13.1. The van der Waals surface area contributed by atoms with Gasteiger partial charge in [-0.3, -0.25) is 14.4 Å². The van der Waals surface area contributed by atoms with Gasteiger partial charge in [-0.25, -0.2) is 4.39 Å². The number of methoxy groups -OCH3 is 1. The summed E-state index contributed by atoms with van der Waals surface area (Å²) in [6.45, 7) is 9.63. The van der Waals surface area contributed by atoms with Crippen molar-refractivity contribution in [3.8, 4) is 16.9 Å². The minimum Gasteiger partial charge on any atom is -0.493 e. The molecule has 0 bridgehead atoms. The van der Waals surface area contributed by atoms with E-state index in [4.69, 9.17) is 9.47 Å². The first-order chi connectivity index (χ1) is 19.3. The molecule has 3 aromatic rings. The zero-order valence-electron chi connectivity index (χ0n) is 22.9. The first-order valence-electron chi connectivity index (χ1n) is 13.1. The molecule has 0 radical (unpaired) electrons. The largest absolute Gasteiger partial charge is 0.493 e. The highest BCUT2D eigenvalue weighted by Crippen LogP contribution is 2.36. The molecular formula is C32H35FN2O5. The molecule has 0 aliphatic carbocycles. The molecule has 2 aromatic carbocycles. The average molecular weight is 547 g/mol. The maximum Gasteiger partial charge on any atom is 0.307 e. The Morgan fingerprint density at radius 3 is 2.60 bits per heavy atom. The Balaban J connectivity index is 1.99. The predicted octanol–water partition coefficient (Wildman–Crippen LogP) is 5.85. The molecule has 2 atom stereocenters. The number of rotatable bonds is 14. The van der Waals surface area contributed by atoms with E-state index < -0.39 is 29.8 Å². The van der Waals surface area contributed by atoms with E-state index in [-0.39, 0.29) is 18.4 Å². The van der Waals surface area contributed by atoms with Crippen LogP contribution in [0, 0.1) is 12.7 Å². The number of unbranched alkanes of at least 4 members (excludes halogenated alkanes) is 1. The number of nitrogens with one attached hydrogen (secondary N) is 1. The van der Waals surface area contributed by atoms with Crippen LogP contribution in [0.2, 0.25) is 0 Å². The number of esters is 1. The Morgan fingerprint density at radius 2 is 1.90 bits per heavy atom. The van der Waals surface area contributed by atoms with E-state index in [1.165, 1.54) is 29.9 Å². The van der Waals surface area contributed by atoms with Crippen molar-refractivity contribution in [1.82, 2.24) is 9.88 Å². The molecule has 1 N–H and O–H groups in total. The number of nitrogens with zero attached hydrogens (tertiary/aromatic N) is 1. The van der Waals surface area contributed by atoms with Gasteiger partial charge in [0.25, 0.3) is 5.56 Å². The van der Waals surface area contributed by atoms with Gasteiger partial charge in [0, 0.05) is 23.9 Å². The van der Waals surface area contributed by atoms with E-state index in [1.54, 1.807) is 49.5 Å². The van der Waals surface area contributed by atoms with Crippen LogP contribution < -0.4 is 15.6 Å². The first kappa shape index (κ1) is 30.1. The van der Waals surface area contributed by atoms with Gasteiger partial charge in [-0.1, -0.05) is 36.4 Å². The fourth-order valence-electron chi connectivity index (χ4n) is 4.49. The lowest BCUT2D eigenvalue weighted by Crippen LogP contribution is -2.39. The maximum atomic E-state index is 14.3. The summed E-state index contributed by atoms with van der Waals surface area (Å²) in [6.07, 6.45) is 6.49. The van der Waals surface area contributed by atoms with Crippen molar-refractivity contribution < 1.29 is 23.5 Å². The number of hydrogen-bond donors (Lipinski definition) is 1. The molecule has 0 fully saturated rings. The van der Waals surface area contributed by atoms with Crippen molar-refractivity contribution >= 4 is 11.9 Å². The van der Waals surface area contributed by atoms with Gasteiger partial charge in [-0.2, -0.15) is 0 Å². The van der Waals surface area contributed by atoms with Crippen LogP contribution in [0.25, 0.3) is 11.1 Å². The monoisotopic (exact) mass is 546 g/mol. The van der Waals surface area contributed by atoms with Gasteiger partial charge in [-0.15, -0.1) is 13.2 Å². The Hall–Kier alpha value is -4.46. The molecule has 3 rings (SSSR count). The lowest BCUT2D eigenvalue weighted by atomic mass is 9.94. The Labute approximate surface area is 233 Å². The van der Waals surface area contributed by atoms with E-state index in [2.05, 4.69) is 18.5 Å². The standard InChI is InChI=1S/C32H35FN2O5/c1-5-7-10-17-40-28-20-25(33)18-22(3)31(28)24-14-11-13-23(19-24)26(21-30(37)39-4)34-32(38)27(12-6-2)35-16-9-8-15-29(35)36/h5-6,8-9,11,13-16,18-20,26-27H,1-2,7,10,12,17,21H2,3-4H3,(H,34,38)/t26-,27-/m0/s1. The third-order valence-corrected chi connectivity index (χ3v) is 6.45. The van der Waals surface area contributed by atoms with Gasteiger partial charge < -0.3 is 19.4 Å². The number of carbonyl (C=O) groups excluding carboxylic acids is 2. The molecule has 0 aliphatic rings. The molecule has 0 saturated carbocycles. The quantitative estimate of drug-likeness (QED) is 0.156. The number of allylic oxidation sites excluding steroid dienone is 2. The van der Waals surface area contributed by atoms with E-state index in [1.807, 2.05) is 12.1 Å². The molecule has 0 spiro atoms. The van der Waals surface area contributed by atoms with Crippen LogP contribution in [0.1, 0.15) is 48.9 Å². The summed E-state index contributed by atoms with van der Waals surface area (Å²) < 4.78 is 26.5. The molecule has 1 amide bonds. The number of hydrogen-bond acceptors (Lipinski definition) is 5. The molecule has 8 heteroatoms. The molecule has 0 aliphatic heterocycles. The zero-order chi connectivity index (χ0) is 29.1. The van der Waals surface area contributed by atoms with Gasteiger partial charge in [-0.05, 0) is 61.1 Å². The summed E-state index contributed by atoms with van der Waals surface area (Å²) >= 11 is 0. The number of carbonyl (C=O) groups is 2. The Kier molecular flexibility index (Phi) is 11.0. The summed E-state index contributed by atoms with van der Waals surface area (Å²) in [5, 5.41) is 2.93. The average Bonchev–Trinajstić information content (AvgIpc) is 2.93. The normalized spacial score (nSPS) is 12.2. The van der Waals surface area contributed by atoms with Gasteiger partial charge in [0.05, 0.1) is 26.2 Å². The van der Waals surface area contributed by atoms with Crippen LogP contribution in [-0.2, 0) is 14.3 Å². The predicted molar refractivity (Wildman–Crippen MR) is 154 cm³/mol. The van der Waals surface area contributed by atoms with Crippen molar-refractivity contribution in [3.63, 3.8) is 0 Å². The number of aromatic nitrogens is 1. The van der Waals surface area contributed by atoms with Crippen LogP contribution in [0.4, 0.5) is 4.39 Å². The number of halogens is 1. The van der Waals surface area contributed by atoms with E-state index in [0.717, 1.165) is 18.4 Å². The SMILES string of the molecule is C=CCCCOc1cc(F)cc(C)c1-c1cccc([C@H](CC(=O)OC)NC(=O)[C@H](CC=C)n2ccccc2=O)c1. The molecule has 210 valence electrons. The van der Waals surface area contributed by atoms with Crippen LogP contribution >= 0.6 is 0 Å². The van der Waals surface area contributed by atoms with Gasteiger partial charge in [0.15, 0.2) is 0 Å². The molecule has 0 saturated heterocycles. The van der Waals surface area contributed by atoms with E-state index in [9.17, 15) is 18.8 Å². The number of pyridine rings is 1. The second-order valence-corrected chi connectivity index (χ2v) is 9.33. The van der Waals surface area contributed by atoms with Crippen molar-refractivity contribution in [2.45, 2.75) is 44.7 Å². The van der Waals surface area contributed by atoms with Crippen molar-refractivity contribution in [3.05, 3.63) is 113 Å². The van der Waals surface area contributed by atoms with Crippen LogP contribution in [0.15, 0.2) is 90.9 Å². The zero-order valence-corrected chi connectivity index (χ0v) is 22.9. The van der Waals surface area contributed by atoms with Crippen molar-refractivity contribution in [1.29, 1.82) is 0 Å². The van der Waals surface area contributed by atoms with Crippen LogP contribution in [-0.4, -0.2) is 30.2 Å². The summed E-state index contributed by atoms with van der Waals surface area (Å²) in [7, 11) is 1.28. The summed E-state index contributed by atoms with van der Waals surface area (Å²) in [5.74, 6) is -0.966. The number of benzene rings is 2. The van der Waals surface area contributed by atoms with Crippen molar-refractivity contribution in [2.24, 2.45) is 0 Å². The Bertz CT molecular complexity index is 1410. The van der Waals surface area contributed by atoms with E-state index >= 15 is 0 Å². The third kappa shape index (κ3) is 7.79. The minimum atomic E-state index is -0.857. The highest BCUT2D eigenvalue weighted by atomic mass is 19.1. The lowest BCUT2D eigenvalue weighted by molar-refractivity contribution is -0.141. The smallest absolute Gasteiger partial charge is 0.307 e. The lowest BCUT2D eigenvalue weighted by Gasteiger charge is -2.24. The van der Waals surface area contributed by atoms with E-state index in [0.29, 0.717) is 29.0 Å². The second kappa shape index (κ2) is 14.6. The van der Waals surface area contributed by atoms with Gasteiger partial charge in [0.1, 0.15) is 17.6 Å². The topological polar surface area (TPSA) is 86.6 Å². The summed E-state index contributed by atoms with van der Waals surface area (Å²) in [5.41, 5.74) is 2.43. The van der Waals surface area contributed by atoms with Gasteiger partial charge in [0.2, 0.25) is 5.91 Å². The number of amides is 1. The molecular weight excluding hydrogens is 511 g/mol. The number of aryl methyl sites for hydroxylation is 1.